The number of nitrogens with one attached hydrogen (secondary N) is 2. The lowest BCUT2D eigenvalue weighted by Gasteiger charge is -2.05. The van der Waals surface area contributed by atoms with Crippen LogP contribution in [0.15, 0.2) is 35.4 Å². The Bertz CT molecular complexity index is 335. The van der Waals surface area contributed by atoms with Gasteiger partial charge in [0.05, 0.1) is 6.21 Å². The summed E-state index contributed by atoms with van der Waals surface area (Å²) in [5.74, 6) is 0. The van der Waals surface area contributed by atoms with E-state index in [0.29, 0.717) is 5.11 Å². The summed E-state index contributed by atoms with van der Waals surface area (Å²) in [5.41, 5.74) is 3.83. The predicted molar refractivity (Wildman–Crippen MR) is 72.7 cm³/mol. The van der Waals surface area contributed by atoms with E-state index in [9.17, 15) is 0 Å². The highest BCUT2D eigenvalue weighted by atomic mass is 32.1. The maximum absolute atomic E-state index is 5.05. The van der Waals surface area contributed by atoms with Crippen molar-refractivity contribution in [2.24, 2.45) is 5.10 Å². The lowest BCUT2D eigenvalue weighted by atomic mass is 10.2. The highest BCUT2D eigenvalue weighted by molar-refractivity contribution is 7.80. The van der Waals surface area contributed by atoms with Gasteiger partial charge < -0.3 is 5.32 Å². The topological polar surface area (TPSA) is 36.4 Å². The van der Waals surface area contributed by atoms with E-state index in [-0.39, 0.29) is 0 Å². The van der Waals surface area contributed by atoms with Crippen LogP contribution in [-0.2, 0) is 0 Å². The third kappa shape index (κ3) is 5.46. The summed E-state index contributed by atoms with van der Waals surface area (Å²) in [6.45, 7) is 3.04. The molecular formula is C12H17N3S. The summed E-state index contributed by atoms with van der Waals surface area (Å²) < 4.78 is 0. The standard InChI is InChI=1S/C12H17N3S/c1-2-3-9-13-12(16)15-14-10-11-7-5-4-6-8-11/h4-8,10H,2-3,9H2,1H3,(H2,13,15,16). The minimum absolute atomic E-state index is 0.570. The summed E-state index contributed by atoms with van der Waals surface area (Å²) in [4.78, 5) is 0. The Kier molecular flexibility index (Phi) is 6.18. The zero-order valence-electron chi connectivity index (χ0n) is 9.44. The van der Waals surface area contributed by atoms with Crippen LogP contribution in [0.4, 0.5) is 0 Å². The first kappa shape index (κ1) is 12.6. The molecule has 0 saturated carbocycles. The molecule has 0 unspecified atom stereocenters. The molecule has 1 aromatic carbocycles. The van der Waals surface area contributed by atoms with Crippen molar-refractivity contribution in [1.29, 1.82) is 0 Å². The van der Waals surface area contributed by atoms with Crippen LogP contribution in [0.25, 0.3) is 0 Å². The monoisotopic (exact) mass is 235 g/mol. The van der Waals surface area contributed by atoms with Gasteiger partial charge in [-0.2, -0.15) is 5.10 Å². The molecule has 0 heterocycles. The van der Waals surface area contributed by atoms with Gasteiger partial charge in [0.1, 0.15) is 0 Å². The predicted octanol–water partition coefficient (Wildman–Crippen LogP) is 2.28. The van der Waals surface area contributed by atoms with Gasteiger partial charge in [0.25, 0.3) is 0 Å². The lowest BCUT2D eigenvalue weighted by molar-refractivity contribution is 0.745. The van der Waals surface area contributed by atoms with Crippen molar-refractivity contribution in [3.8, 4) is 0 Å². The second kappa shape index (κ2) is 7.82. The van der Waals surface area contributed by atoms with E-state index in [0.717, 1.165) is 24.9 Å². The molecule has 1 aromatic rings. The average molecular weight is 235 g/mol. The molecule has 3 nitrogen and oxygen atoms in total. The van der Waals surface area contributed by atoms with E-state index in [1.54, 1.807) is 6.21 Å². The number of unbranched alkanes of at least 4 members (excludes halogenated alkanes) is 1. The first-order chi connectivity index (χ1) is 7.83. The van der Waals surface area contributed by atoms with Gasteiger partial charge in [-0.25, -0.2) is 0 Å². The van der Waals surface area contributed by atoms with Gasteiger partial charge in [0.2, 0.25) is 0 Å². The largest absolute Gasteiger partial charge is 0.361 e. The van der Waals surface area contributed by atoms with Crippen molar-refractivity contribution in [1.82, 2.24) is 10.7 Å². The Labute approximate surface area is 102 Å². The van der Waals surface area contributed by atoms with Crippen molar-refractivity contribution in [2.45, 2.75) is 19.8 Å². The Morgan fingerprint density at radius 2 is 2.12 bits per heavy atom. The molecular weight excluding hydrogens is 218 g/mol. The molecule has 0 spiro atoms. The average Bonchev–Trinajstić information content (AvgIpc) is 2.31. The van der Waals surface area contributed by atoms with Gasteiger partial charge in [-0.3, -0.25) is 5.43 Å². The van der Waals surface area contributed by atoms with E-state index < -0.39 is 0 Å². The molecule has 4 heteroatoms. The van der Waals surface area contributed by atoms with Crippen LogP contribution in [0.2, 0.25) is 0 Å². The normalized spacial score (nSPS) is 10.3. The summed E-state index contributed by atoms with van der Waals surface area (Å²) in [7, 11) is 0. The van der Waals surface area contributed by atoms with Crippen LogP contribution < -0.4 is 10.7 Å². The van der Waals surface area contributed by atoms with Gasteiger partial charge in [0, 0.05) is 6.54 Å². The Morgan fingerprint density at radius 3 is 2.81 bits per heavy atom. The molecule has 2 N–H and O–H groups in total. The molecule has 0 aromatic heterocycles. The van der Waals surface area contributed by atoms with E-state index >= 15 is 0 Å². The number of benzene rings is 1. The first-order valence-corrected chi connectivity index (χ1v) is 5.85. The van der Waals surface area contributed by atoms with Crippen LogP contribution in [0.5, 0.6) is 0 Å². The summed E-state index contributed by atoms with van der Waals surface area (Å²) in [5, 5.41) is 7.69. The Morgan fingerprint density at radius 1 is 1.38 bits per heavy atom. The number of hydrogen-bond donors (Lipinski definition) is 2. The molecule has 0 aliphatic heterocycles. The second-order valence-electron chi connectivity index (χ2n) is 3.39. The lowest BCUT2D eigenvalue weighted by Crippen LogP contribution is -2.32. The molecule has 0 aliphatic rings. The highest BCUT2D eigenvalue weighted by Crippen LogP contribution is 1.93. The zero-order valence-corrected chi connectivity index (χ0v) is 10.3. The van der Waals surface area contributed by atoms with E-state index in [2.05, 4.69) is 22.8 Å². The smallest absolute Gasteiger partial charge is 0.186 e. The molecule has 0 amide bonds. The fraction of sp³-hybridized carbons (Fsp3) is 0.333. The van der Waals surface area contributed by atoms with Crippen LogP contribution in [-0.4, -0.2) is 17.9 Å². The summed E-state index contributed by atoms with van der Waals surface area (Å²) in [6.07, 6.45) is 4.01. The van der Waals surface area contributed by atoms with Crippen LogP contribution >= 0.6 is 12.2 Å². The van der Waals surface area contributed by atoms with Crippen LogP contribution in [0, 0.1) is 0 Å². The van der Waals surface area contributed by atoms with Crippen LogP contribution in [0.3, 0.4) is 0 Å². The van der Waals surface area contributed by atoms with Crippen molar-refractivity contribution >= 4 is 23.5 Å². The number of nitrogens with zero attached hydrogens (tertiary/aromatic N) is 1. The van der Waals surface area contributed by atoms with Gasteiger partial charge in [0.15, 0.2) is 5.11 Å². The van der Waals surface area contributed by atoms with E-state index in [1.807, 2.05) is 30.3 Å². The first-order valence-electron chi connectivity index (χ1n) is 5.45. The van der Waals surface area contributed by atoms with E-state index in [1.165, 1.54) is 0 Å². The number of rotatable bonds is 5. The maximum Gasteiger partial charge on any atom is 0.186 e. The SMILES string of the molecule is CCCCNC(=S)NN=Cc1ccccc1. The molecule has 86 valence electrons. The van der Waals surface area contributed by atoms with Crippen molar-refractivity contribution < 1.29 is 0 Å². The molecule has 0 aliphatic carbocycles. The maximum atomic E-state index is 5.05. The van der Waals surface area contributed by atoms with Gasteiger partial charge >= 0.3 is 0 Å². The second-order valence-corrected chi connectivity index (χ2v) is 3.80. The van der Waals surface area contributed by atoms with E-state index in [4.69, 9.17) is 12.2 Å². The van der Waals surface area contributed by atoms with Gasteiger partial charge in [-0.15, -0.1) is 0 Å². The zero-order chi connectivity index (χ0) is 11.6. The van der Waals surface area contributed by atoms with Crippen molar-refractivity contribution in [3.63, 3.8) is 0 Å². The molecule has 1 rings (SSSR count). The third-order valence-electron chi connectivity index (χ3n) is 2.00. The fourth-order valence-corrected chi connectivity index (χ4v) is 1.28. The molecule has 0 bridgehead atoms. The number of hydrazone groups is 1. The Balaban J connectivity index is 2.24. The quantitative estimate of drug-likeness (QED) is 0.356. The molecule has 16 heavy (non-hydrogen) atoms. The Hall–Kier alpha value is -1.42. The van der Waals surface area contributed by atoms with Crippen molar-refractivity contribution in [2.75, 3.05) is 6.54 Å². The molecule has 0 saturated heterocycles. The van der Waals surface area contributed by atoms with Gasteiger partial charge in [-0.05, 0) is 24.2 Å². The van der Waals surface area contributed by atoms with Crippen LogP contribution in [0.1, 0.15) is 25.3 Å². The molecule has 0 radical (unpaired) electrons. The minimum Gasteiger partial charge on any atom is -0.361 e. The third-order valence-corrected chi connectivity index (χ3v) is 2.23. The molecule has 0 atom stereocenters. The molecule has 0 fully saturated rings. The summed E-state index contributed by atoms with van der Waals surface area (Å²) in [6, 6.07) is 9.89. The number of thiocarbonyl (C=S) groups is 1. The number of hydrogen-bond acceptors (Lipinski definition) is 2. The van der Waals surface area contributed by atoms with Crippen molar-refractivity contribution in [3.05, 3.63) is 35.9 Å². The summed E-state index contributed by atoms with van der Waals surface area (Å²) >= 11 is 5.05. The van der Waals surface area contributed by atoms with Gasteiger partial charge in [-0.1, -0.05) is 43.7 Å². The highest BCUT2D eigenvalue weighted by Gasteiger charge is 1.90. The minimum atomic E-state index is 0.570. The fourth-order valence-electron chi connectivity index (χ4n) is 1.12.